The van der Waals surface area contributed by atoms with Crippen LogP contribution in [0.4, 0.5) is 4.39 Å². The highest BCUT2D eigenvalue weighted by molar-refractivity contribution is 5.32. The Morgan fingerprint density at radius 3 is 2.81 bits per heavy atom. The second-order valence-electron chi connectivity index (χ2n) is 4.00. The number of ether oxygens (including phenoxy) is 1. The molecule has 0 saturated heterocycles. The van der Waals surface area contributed by atoms with Crippen LogP contribution in [0.25, 0.3) is 0 Å². The molecular formula is C13H20FNO. The molecule has 1 atom stereocenters. The summed E-state index contributed by atoms with van der Waals surface area (Å²) in [7, 11) is 1.92. The fraction of sp³-hybridized carbons (Fsp3) is 0.538. The van der Waals surface area contributed by atoms with E-state index in [9.17, 15) is 4.39 Å². The fourth-order valence-electron chi connectivity index (χ4n) is 1.58. The minimum absolute atomic E-state index is 0.253. The minimum Gasteiger partial charge on any atom is -0.492 e. The molecule has 0 bridgehead atoms. The zero-order chi connectivity index (χ0) is 12.0. The summed E-state index contributed by atoms with van der Waals surface area (Å²) in [6.45, 7) is 4.63. The number of hydrogen-bond acceptors (Lipinski definition) is 2. The Bertz CT molecular complexity index is 328. The summed E-state index contributed by atoms with van der Waals surface area (Å²) in [4.78, 5) is 0. The van der Waals surface area contributed by atoms with Gasteiger partial charge in [0.1, 0.15) is 18.2 Å². The third kappa shape index (κ3) is 3.81. The summed E-state index contributed by atoms with van der Waals surface area (Å²) >= 11 is 0. The van der Waals surface area contributed by atoms with Gasteiger partial charge < -0.3 is 10.1 Å². The van der Waals surface area contributed by atoms with Gasteiger partial charge in [0.25, 0.3) is 0 Å². The van der Waals surface area contributed by atoms with E-state index in [4.69, 9.17) is 4.74 Å². The van der Waals surface area contributed by atoms with Gasteiger partial charge in [0.15, 0.2) is 0 Å². The molecule has 2 nitrogen and oxygen atoms in total. The summed E-state index contributed by atoms with van der Waals surface area (Å²) in [5.74, 6) is 0.383. The van der Waals surface area contributed by atoms with E-state index in [1.54, 1.807) is 6.07 Å². The minimum atomic E-state index is -0.253. The van der Waals surface area contributed by atoms with E-state index in [2.05, 4.69) is 12.2 Å². The Kier molecular flexibility index (Phi) is 5.26. The maximum absolute atomic E-state index is 13.0. The molecule has 0 aliphatic carbocycles. The number of benzene rings is 1. The molecule has 1 unspecified atom stereocenters. The second kappa shape index (κ2) is 6.48. The Morgan fingerprint density at radius 1 is 1.44 bits per heavy atom. The normalized spacial score (nSPS) is 12.5. The molecule has 1 aromatic carbocycles. The van der Waals surface area contributed by atoms with Gasteiger partial charge in [0.2, 0.25) is 0 Å². The lowest BCUT2D eigenvalue weighted by Gasteiger charge is -2.17. The van der Waals surface area contributed by atoms with Gasteiger partial charge in [-0.25, -0.2) is 4.39 Å². The smallest absolute Gasteiger partial charge is 0.126 e. The van der Waals surface area contributed by atoms with Crippen molar-refractivity contribution >= 4 is 0 Å². The lowest BCUT2D eigenvalue weighted by molar-refractivity contribution is 0.260. The topological polar surface area (TPSA) is 21.3 Å². The van der Waals surface area contributed by atoms with Gasteiger partial charge in [0, 0.05) is 12.1 Å². The van der Waals surface area contributed by atoms with Crippen LogP contribution < -0.4 is 10.1 Å². The second-order valence-corrected chi connectivity index (χ2v) is 4.00. The first-order chi connectivity index (χ1) is 7.67. The van der Waals surface area contributed by atoms with Crippen LogP contribution >= 0.6 is 0 Å². The van der Waals surface area contributed by atoms with Crippen molar-refractivity contribution in [2.24, 2.45) is 0 Å². The van der Waals surface area contributed by atoms with Crippen LogP contribution in [0.3, 0.4) is 0 Å². The molecule has 0 saturated carbocycles. The van der Waals surface area contributed by atoms with Crippen LogP contribution in [0.5, 0.6) is 5.75 Å². The van der Waals surface area contributed by atoms with E-state index in [0.717, 1.165) is 18.4 Å². The van der Waals surface area contributed by atoms with Crippen molar-refractivity contribution in [3.05, 3.63) is 29.6 Å². The van der Waals surface area contributed by atoms with Crippen molar-refractivity contribution < 1.29 is 9.13 Å². The third-order valence-electron chi connectivity index (χ3n) is 2.64. The molecule has 1 aromatic rings. The standard InChI is InChI=1S/C13H20FNO/c1-4-5-12(15-3)9-16-13-8-11(14)7-6-10(13)2/h6-8,12,15H,4-5,9H2,1-3H3. The van der Waals surface area contributed by atoms with Gasteiger partial charge in [-0.3, -0.25) is 0 Å². The first-order valence-electron chi connectivity index (χ1n) is 5.73. The summed E-state index contributed by atoms with van der Waals surface area (Å²) in [5, 5.41) is 3.19. The molecule has 0 amide bonds. The van der Waals surface area contributed by atoms with Crippen molar-refractivity contribution in [1.82, 2.24) is 5.32 Å². The van der Waals surface area contributed by atoms with Crippen LogP contribution in [0.1, 0.15) is 25.3 Å². The van der Waals surface area contributed by atoms with Crippen molar-refractivity contribution in [3.63, 3.8) is 0 Å². The zero-order valence-corrected chi connectivity index (χ0v) is 10.2. The molecule has 3 heteroatoms. The Hall–Kier alpha value is -1.09. The van der Waals surface area contributed by atoms with Gasteiger partial charge in [-0.1, -0.05) is 19.4 Å². The Morgan fingerprint density at radius 2 is 2.19 bits per heavy atom. The summed E-state index contributed by atoms with van der Waals surface area (Å²) < 4.78 is 18.6. The van der Waals surface area contributed by atoms with Crippen LogP contribution in [-0.4, -0.2) is 19.7 Å². The number of halogens is 1. The first kappa shape index (κ1) is 13.0. The summed E-state index contributed by atoms with van der Waals surface area (Å²) in [6.07, 6.45) is 2.17. The number of likely N-dealkylation sites (N-methyl/N-ethyl adjacent to an activating group) is 1. The molecular weight excluding hydrogens is 205 g/mol. The molecule has 0 aliphatic rings. The number of nitrogens with one attached hydrogen (secondary N) is 1. The molecule has 0 fully saturated rings. The number of hydrogen-bond donors (Lipinski definition) is 1. The molecule has 16 heavy (non-hydrogen) atoms. The SMILES string of the molecule is CCCC(COc1cc(F)ccc1C)NC. The molecule has 0 aromatic heterocycles. The number of aryl methyl sites for hydroxylation is 1. The summed E-state index contributed by atoms with van der Waals surface area (Å²) in [5.41, 5.74) is 0.966. The predicted molar refractivity (Wildman–Crippen MR) is 64.4 cm³/mol. The molecule has 1 N–H and O–H groups in total. The zero-order valence-electron chi connectivity index (χ0n) is 10.2. The molecule has 0 spiro atoms. The molecule has 1 rings (SSSR count). The maximum atomic E-state index is 13.0. The van der Waals surface area contributed by atoms with Crippen molar-refractivity contribution in [1.29, 1.82) is 0 Å². The van der Waals surface area contributed by atoms with Crippen molar-refractivity contribution in [3.8, 4) is 5.75 Å². The van der Waals surface area contributed by atoms with E-state index < -0.39 is 0 Å². The average molecular weight is 225 g/mol. The molecule has 0 heterocycles. The highest BCUT2D eigenvalue weighted by atomic mass is 19.1. The third-order valence-corrected chi connectivity index (χ3v) is 2.64. The maximum Gasteiger partial charge on any atom is 0.126 e. The van der Waals surface area contributed by atoms with Gasteiger partial charge in [0.05, 0.1) is 0 Å². The Labute approximate surface area is 96.8 Å². The first-order valence-corrected chi connectivity index (χ1v) is 5.73. The van der Waals surface area contributed by atoms with Gasteiger partial charge in [-0.15, -0.1) is 0 Å². The van der Waals surface area contributed by atoms with Crippen molar-refractivity contribution in [2.45, 2.75) is 32.7 Å². The average Bonchev–Trinajstić information content (AvgIpc) is 2.28. The molecule has 0 radical (unpaired) electrons. The monoisotopic (exact) mass is 225 g/mol. The van der Waals surface area contributed by atoms with Gasteiger partial charge >= 0.3 is 0 Å². The summed E-state index contributed by atoms with van der Waals surface area (Å²) in [6, 6.07) is 4.95. The highest BCUT2D eigenvalue weighted by Crippen LogP contribution is 2.19. The van der Waals surface area contributed by atoms with Crippen LogP contribution in [0.15, 0.2) is 18.2 Å². The fourth-order valence-corrected chi connectivity index (χ4v) is 1.58. The lowest BCUT2D eigenvalue weighted by Crippen LogP contribution is -2.31. The van der Waals surface area contributed by atoms with E-state index >= 15 is 0 Å². The largest absolute Gasteiger partial charge is 0.492 e. The molecule has 0 aliphatic heterocycles. The van der Waals surface area contributed by atoms with Crippen LogP contribution in [0.2, 0.25) is 0 Å². The predicted octanol–water partition coefficient (Wildman–Crippen LogP) is 2.90. The highest BCUT2D eigenvalue weighted by Gasteiger charge is 2.07. The van der Waals surface area contributed by atoms with Crippen LogP contribution in [-0.2, 0) is 0 Å². The lowest BCUT2D eigenvalue weighted by atomic mass is 10.2. The quantitative estimate of drug-likeness (QED) is 0.803. The van der Waals surface area contributed by atoms with Crippen LogP contribution in [0, 0.1) is 12.7 Å². The number of rotatable bonds is 6. The van der Waals surface area contributed by atoms with E-state index in [1.807, 2.05) is 14.0 Å². The van der Waals surface area contributed by atoms with Crippen molar-refractivity contribution in [2.75, 3.05) is 13.7 Å². The van der Waals surface area contributed by atoms with E-state index in [-0.39, 0.29) is 5.82 Å². The Balaban J connectivity index is 2.55. The van der Waals surface area contributed by atoms with Gasteiger partial charge in [-0.05, 0) is 32.0 Å². The van der Waals surface area contributed by atoms with E-state index in [0.29, 0.717) is 18.4 Å². The molecule has 90 valence electrons. The van der Waals surface area contributed by atoms with E-state index in [1.165, 1.54) is 12.1 Å². The van der Waals surface area contributed by atoms with Gasteiger partial charge in [-0.2, -0.15) is 0 Å².